The van der Waals surface area contributed by atoms with Crippen LogP contribution in [0.25, 0.3) is 0 Å². The maximum absolute atomic E-state index is 12.4. The third kappa shape index (κ3) is 36.1. The van der Waals surface area contributed by atoms with Gasteiger partial charge in [0, 0.05) is 13.0 Å². The van der Waals surface area contributed by atoms with Crippen LogP contribution in [0.2, 0.25) is 0 Å². The number of esters is 1. The number of likely N-dealkylation sites (N-methyl/N-ethyl adjacent to an activating group) is 1. The van der Waals surface area contributed by atoms with Crippen LogP contribution >= 0.6 is 7.82 Å². The second-order valence-corrected chi connectivity index (χ2v) is 15.4. The molecule has 278 valence electrons. The Kier molecular flexibility index (Phi) is 31.5. The highest BCUT2D eigenvalue weighted by atomic mass is 31.2. The molecule has 0 heterocycles. The van der Waals surface area contributed by atoms with E-state index < -0.39 is 13.9 Å². The quantitative estimate of drug-likeness (QED) is 0.0215. The molecule has 2 unspecified atom stereocenters. The van der Waals surface area contributed by atoms with Gasteiger partial charge in [0.15, 0.2) is 0 Å². The summed E-state index contributed by atoms with van der Waals surface area (Å²) in [7, 11) is 1.35. The van der Waals surface area contributed by atoms with Gasteiger partial charge in [0.25, 0.3) is 7.82 Å². The van der Waals surface area contributed by atoms with Gasteiger partial charge in [-0.15, -0.1) is 0 Å². The summed E-state index contributed by atoms with van der Waals surface area (Å²) in [5, 5.41) is 0. The van der Waals surface area contributed by atoms with Gasteiger partial charge in [-0.25, -0.2) is 0 Å². The van der Waals surface area contributed by atoms with Gasteiger partial charge in [-0.3, -0.25) is 9.36 Å². The van der Waals surface area contributed by atoms with E-state index in [-0.39, 0.29) is 25.8 Å². The van der Waals surface area contributed by atoms with Crippen molar-refractivity contribution >= 4 is 13.8 Å². The summed E-state index contributed by atoms with van der Waals surface area (Å²) in [6.45, 7) is 5.29. The van der Waals surface area contributed by atoms with E-state index in [9.17, 15) is 14.3 Å². The molecule has 9 heteroatoms. The molecule has 0 N–H and O–H groups in total. The van der Waals surface area contributed by atoms with Crippen molar-refractivity contribution < 1.29 is 37.3 Å². The van der Waals surface area contributed by atoms with Gasteiger partial charge in [-0.1, -0.05) is 128 Å². The third-order valence-corrected chi connectivity index (χ3v) is 8.97. The lowest BCUT2D eigenvalue weighted by molar-refractivity contribution is -0.870. The number of phosphoric ester groups is 1. The van der Waals surface area contributed by atoms with Crippen LogP contribution in [0.15, 0.2) is 24.3 Å². The van der Waals surface area contributed by atoms with E-state index in [1.165, 1.54) is 83.5 Å². The normalized spacial score (nSPS) is 14.3. The third-order valence-electron chi connectivity index (χ3n) is 8.01. The summed E-state index contributed by atoms with van der Waals surface area (Å²) >= 11 is 0. The number of carbonyl (C=O) groups excluding carboxylic acids is 1. The Hall–Kier alpha value is -1.02. The smallest absolute Gasteiger partial charge is 0.306 e. The molecule has 0 aliphatic rings. The summed E-state index contributed by atoms with van der Waals surface area (Å²) in [6.07, 6.45) is 33.7. The van der Waals surface area contributed by atoms with Crippen LogP contribution in [0.3, 0.4) is 0 Å². The molecule has 0 saturated heterocycles. The zero-order valence-electron chi connectivity index (χ0n) is 31.2. The Balaban J connectivity index is 4.04. The van der Waals surface area contributed by atoms with Gasteiger partial charge in [-0.05, 0) is 44.9 Å². The van der Waals surface area contributed by atoms with E-state index in [0.29, 0.717) is 24.1 Å². The number of unbranched alkanes of at least 4 members (excludes halogenated alkanes) is 17. The molecule has 47 heavy (non-hydrogen) atoms. The van der Waals surface area contributed by atoms with Crippen LogP contribution in [0.1, 0.15) is 155 Å². The van der Waals surface area contributed by atoms with Crippen molar-refractivity contribution in [2.75, 3.05) is 54.1 Å². The highest BCUT2D eigenvalue weighted by Gasteiger charge is 2.20. The molecule has 0 aromatic heterocycles. The molecule has 0 bridgehead atoms. The Labute approximate surface area is 290 Å². The molecule has 8 nitrogen and oxygen atoms in total. The highest BCUT2D eigenvalue weighted by molar-refractivity contribution is 7.45. The molecule has 0 aromatic carbocycles. The van der Waals surface area contributed by atoms with E-state index in [0.717, 1.165) is 51.4 Å². The average Bonchev–Trinajstić information content (AvgIpc) is 3.01. The van der Waals surface area contributed by atoms with Crippen molar-refractivity contribution in [1.29, 1.82) is 0 Å². The van der Waals surface area contributed by atoms with E-state index in [4.69, 9.17) is 18.5 Å². The largest absolute Gasteiger partial charge is 0.756 e. The highest BCUT2D eigenvalue weighted by Crippen LogP contribution is 2.38. The first kappa shape index (κ1) is 46.0. The van der Waals surface area contributed by atoms with Crippen LogP contribution in [-0.4, -0.2) is 70.7 Å². The number of ether oxygens (including phenoxy) is 2. The maximum atomic E-state index is 12.4. The molecule has 0 amide bonds. The van der Waals surface area contributed by atoms with Crippen LogP contribution < -0.4 is 4.89 Å². The summed E-state index contributed by atoms with van der Waals surface area (Å²) in [6, 6.07) is 0. The van der Waals surface area contributed by atoms with Crippen molar-refractivity contribution in [2.45, 2.75) is 161 Å². The van der Waals surface area contributed by atoms with Gasteiger partial charge in [0.05, 0.1) is 34.4 Å². The second kappa shape index (κ2) is 32.2. The van der Waals surface area contributed by atoms with Gasteiger partial charge < -0.3 is 27.9 Å². The van der Waals surface area contributed by atoms with Gasteiger partial charge >= 0.3 is 5.97 Å². The fraction of sp³-hybridized carbons (Fsp3) is 0.868. The van der Waals surface area contributed by atoms with Gasteiger partial charge in [0.2, 0.25) is 0 Å². The Morgan fingerprint density at radius 3 is 1.77 bits per heavy atom. The second-order valence-electron chi connectivity index (χ2n) is 13.9. The lowest BCUT2D eigenvalue weighted by Gasteiger charge is -2.28. The Bertz CT molecular complexity index is 812. The maximum Gasteiger partial charge on any atom is 0.306 e. The van der Waals surface area contributed by atoms with E-state index in [2.05, 4.69) is 38.2 Å². The number of carbonyl (C=O) groups is 1. The number of hydrogen-bond acceptors (Lipinski definition) is 7. The minimum atomic E-state index is -4.50. The molecule has 0 rings (SSSR count). The van der Waals surface area contributed by atoms with E-state index in [1.54, 1.807) is 0 Å². The van der Waals surface area contributed by atoms with Crippen LogP contribution in [0.5, 0.6) is 0 Å². The SMILES string of the molecule is CCCCC/C=C\C/C=C\CCCCCCCCCCCCOCC(COP(=O)([O-])OCC[N+](C)(C)C)OC(=O)CCCCCCC. The topological polar surface area (TPSA) is 94.1 Å². The summed E-state index contributed by atoms with van der Waals surface area (Å²) in [4.78, 5) is 24.6. The zero-order chi connectivity index (χ0) is 34.9. The molecular weight excluding hydrogens is 613 g/mol. The molecule has 0 aliphatic heterocycles. The first-order chi connectivity index (χ1) is 22.6. The average molecular weight is 688 g/mol. The lowest BCUT2D eigenvalue weighted by Crippen LogP contribution is -2.37. The van der Waals surface area contributed by atoms with Crippen molar-refractivity contribution in [3.8, 4) is 0 Å². The predicted octanol–water partition coefficient (Wildman–Crippen LogP) is 9.86. The monoisotopic (exact) mass is 688 g/mol. The van der Waals surface area contributed by atoms with Gasteiger partial charge in [-0.2, -0.15) is 0 Å². The van der Waals surface area contributed by atoms with Crippen LogP contribution in [-0.2, 0) is 27.9 Å². The number of nitrogens with zero attached hydrogens (tertiary/aromatic N) is 1. The van der Waals surface area contributed by atoms with Gasteiger partial charge in [0.1, 0.15) is 19.3 Å². The number of phosphoric acid groups is 1. The summed E-state index contributed by atoms with van der Waals surface area (Å²) in [5.74, 6) is -0.348. The summed E-state index contributed by atoms with van der Waals surface area (Å²) < 4.78 is 34.2. The number of quaternary nitrogens is 1. The van der Waals surface area contributed by atoms with Crippen molar-refractivity contribution in [3.63, 3.8) is 0 Å². The Morgan fingerprint density at radius 1 is 0.660 bits per heavy atom. The first-order valence-electron chi connectivity index (χ1n) is 19.1. The lowest BCUT2D eigenvalue weighted by atomic mass is 10.1. The molecule has 0 aromatic rings. The molecule has 0 radical (unpaired) electrons. The van der Waals surface area contributed by atoms with Crippen molar-refractivity contribution in [3.05, 3.63) is 24.3 Å². The molecule has 0 spiro atoms. The Morgan fingerprint density at radius 2 is 1.17 bits per heavy atom. The minimum absolute atomic E-state index is 0.0264. The number of rotatable bonds is 35. The van der Waals surface area contributed by atoms with Crippen molar-refractivity contribution in [2.24, 2.45) is 0 Å². The molecule has 0 saturated carbocycles. The first-order valence-corrected chi connectivity index (χ1v) is 20.5. The fourth-order valence-corrected chi connectivity index (χ4v) is 5.71. The van der Waals surface area contributed by atoms with E-state index >= 15 is 0 Å². The van der Waals surface area contributed by atoms with E-state index in [1.807, 2.05) is 21.1 Å². The van der Waals surface area contributed by atoms with Crippen molar-refractivity contribution in [1.82, 2.24) is 0 Å². The minimum Gasteiger partial charge on any atom is -0.756 e. The number of hydrogen-bond donors (Lipinski definition) is 0. The summed E-state index contributed by atoms with van der Waals surface area (Å²) in [5.41, 5.74) is 0. The predicted molar refractivity (Wildman–Crippen MR) is 194 cm³/mol. The number of allylic oxidation sites excluding steroid dienone is 4. The standard InChI is InChI=1S/C38H74NO7P/c1-6-8-10-12-13-14-15-16-17-18-19-20-21-22-23-24-25-26-28-30-33-43-35-37(46-38(40)31-29-27-11-9-7-2)36-45-47(41,42)44-34-32-39(3,4)5/h13-14,16-17,37H,6-12,15,18-36H2,1-5H3/b14-13-,17-16-. The molecule has 0 aliphatic carbocycles. The zero-order valence-corrected chi connectivity index (χ0v) is 32.1. The molecule has 2 atom stereocenters. The fourth-order valence-electron chi connectivity index (χ4n) is 4.99. The molecule has 0 fully saturated rings. The van der Waals surface area contributed by atoms with Crippen LogP contribution in [0.4, 0.5) is 0 Å². The van der Waals surface area contributed by atoms with Crippen LogP contribution in [0, 0.1) is 0 Å². The molecular formula is C38H74NO7P.